The zero-order valence-corrected chi connectivity index (χ0v) is 11.6. The molecule has 3 heteroatoms. The Balaban J connectivity index is 3.05. The van der Waals surface area contributed by atoms with E-state index in [1.54, 1.807) is 7.11 Å². The fourth-order valence-corrected chi connectivity index (χ4v) is 2.16. The van der Waals surface area contributed by atoms with E-state index in [-0.39, 0.29) is 5.38 Å². The summed E-state index contributed by atoms with van der Waals surface area (Å²) in [7, 11) is 1.67. The van der Waals surface area contributed by atoms with Crippen LogP contribution in [-0.2, 0) is 0 Å². The average molecular weight is 292 g/mol. The van der Waals surface area contributed by atoms with E-state index in [0.717, 1.165) is 22.2 Å². The molecule has 0 spiro atoms. The molecule has 2 atom stereocenters. The van der Waals surface area contributed by atoms with Gasteiger partial charge in [-0.15, -0.1) is 11.6 Å². The van der Waals surface area contributed by atoms with Crippen LogP contribution in [0.1, 0.15) is 31.2 Å². The van der Waals surface area contributed by atoms with Crippen molar-refractivity contribution < 1.29 is 4.74 Å². The summed E-state index contributed by atoms with van der Waals surface area (Å²) in [6.45, 7) is 4.29. The van der Waals surface area contributed by atoms with Gasteiger partial charge >= 0.3 is 0 Å². The van der Waals surface area contributed by atoms with Crippen LogP contribution in [0, 0.1) is 5.92 Å². The zero-order valence-electron chi connectivity index (χ0n) is 9.26. The molecule has 1 aromatic carbocycles. The van der Waals surface area contributed by atoms with Crippen molar-refractivity contribution in [1.82, 2.24) is 0 Å². The number of ether oxygens (including phenoxy) is 1. The summed E-state index contributed by atoms with van der Waals surface area (Å²) in [5.41, 5.74) is 1.06. The lowest BCUT2D eigenvalue weighted by Gasteiger charge is -2.19. The molecule has 0 fully saturated rings. The first-order chi connectivity index (χ1) is 7.10. The van der Waals surface area contributed by atoms with Crippen LogP contribution in [0.25, 0.3) is 0 Å². The quantitative estimate of drug-likeness (QED) is 0.725. The molecule has 0 amide bonds. The maximum atomic E-state index is 6.41. The van der Waals surface area contributed by atoms with Gasteiger partial charge in [0, 0.05) is 10.0 Å². The van der Waals surface area contributed by atoms with E-state index in [2.05, 4.69) is 29.8 Å². The summed E-state index contributed by atoms with van der Waals surface area (Å²) >= 11 is 9.86. The Bertz CT molecular complexity index is 327. The molecule has 0 saturated carbocycles. The van der Waals surface area contributed by atoms with Gasteiger partial charge in [-0.25, -0.2) is 0 Å². The van der Waals surface area contributed by atoms with Crippen molar-refractivity contribution in [3.8, 4) is 5.75 Å². The van der Waals surface area contributed by atoms with Gasteiger partial charge in [0.15, 0.2) is 0 Å². The maximum Gasteiger partial charge on any atom is 0.123 e. The van der Waals surface area contributed by atoms with Crippen LogP contribution in [-0.4, -0.2) is 7.11 Å². The van der Waals surface area contributed by atoms with Gasteiger partial charge in [0.05, 0.1) is 12.5 Å². The standard InChI is InChI=1S/C12H16BrClO/c1-4-8(2)12(14)10-7-9(13)5-6-11(10)15-3/h5-8,12H,4H2,1-3H3. The molecule has 2 unspecified atom stereocenters. The second kappa shape index (κ2) is 5.76. The van der Waals surface area contributed by atoms with E-state index < -0.39 is 0 Å². The lowest BCUT2D eigenvalue weighted by molar-refractivity contribution is 0.403. The molecule has 15 heavy (non-hydrogen) atoms. The van der Waals surface area contributed by atoms with Gasteiger partial charge < -0.3 is 4.74 Å². The summed E-state index contributed by atoms with van der Waals surface area (Å²) in [4.78, 5) is 0. The summed E-state index contributed by atoms with van der Waals surface area (Å²) in [6.07, 6.45) is 1.06. The number of benzene rings is 1. The fourth-order valence-electron chi connectivity index (χ4n) is 1.43. The molecule has 1 nitrogen and oxygen atoms in total. The number of hydrogen-bond acceptors (Lipinski definition) is 1. The van der Waals surface area contributed by atoms with Crippen LogP contribution in [0.5, 0.6) is 5.75 Å². The predicted molar refractivity (Wildman–Crippen MR) is 68.7 cm³/mol. The molecule has 0 radical (unpaired) electrons. The van der Waals surface area contributed by atoms with Crippen molar-refractivity contribution in [2.24, 2.45) is 5.92 Å². The first kappa shape index (κ1) is 12.9. The van der Waals surface area contributed by atoms with Crippen molar-refractivity contribution in [2.75, 3.05) is 7.11 Å². The van der Waals surface area contributed by atoms with Crippen molar-refractivity contribution in [3.05, 3.63) is 28.2 Å². The van der Waals surface area contributed by atoms with E-state index in [1.807, 2.05) is 18.2 Å². The van der Waals surface area contributed by atoms with Crippen molar-refractivity contribution >= 4 is 27.5 Å². The molecule has 0 bridgehead atoms. The third kappa shape index (κ3) is 3.12. The molecule has 1 rings (SSSR count). The molecular formula is C12H16BrClO. The summed E-state index contributed by atoms with van der Waals surface area (Å²) in [5.74, 6) is 1.30. The van der Waals surface area contributed by atoms with Crippen molar-refractivity contribution in [1.29, 1.82) is 0 Å². The van der Waals surface area contributed by atoms with E-state index in [1.165, 1.54) is 0 Å². The highest BCUT2D eigenvalue weighted by Gasteiger charge is 2.19. The minimum atomic E-state index is 0.00227. The minimum Gasteiger partial charge on any atom is -0.496 e. The molecule has 0 heterocycles. The van der Waals surface area contributed by atoms with Crippen molar-refractivity contribution in [3.63, 3.8) is 0 Å². The van der Waals surface area contributed by atoms with Crippen LogP contribution < -0.4 is 4.74 Å². The maximum absolute atomic E-state index is 6.41. The van der Waals surface area contributed by atoms with Crippen LogP contribution in [0.15, 0.2) is 22.7 Å². The van der Waals surface area contributed by atoms with Gasteiger partial charge in [-0.2, -0.15) is 0 Å². The highest BCUT2D eigenvalue weighted by molar-refractivity contribution is 9.10. The first-order valence-corrected chi connectivity index (χ1v) is 6.30. The monoisotopic (exact) mass is 290 g/mol. The smallest absolute Gasteiger partial charge is 0.123 e. The second-order valence-electron chi connectivity index (χ2n) is 3.67. The Morgan fingerprint density at radius 1 is 1.47 bits per heavy atom. The molecule has 84 valence electrons. The summed E-state index contributed by atoms with van der Waals surface area (Å²) < 4.78 is 6.35. The van der Waals surface area contributed by atoms with E-state index in [9.17, 15) is 0 Å². The Labute approximate surface area is 105 Å². The number of hydrogen-bond donors (Lipinski definition) is 0. The zero-order chi connectivity index (χ0) is 11.4. The van der Waals surface area contributed by atoms with E-state index >= 15 is 0 Å². The van der Waals surface area contributed by atoms with E-state index in [0.29, 0.717) is 5.92 Å². The van der Waals surface area contributed by atoms with Crippen LogP contribution in [0.2, 0.25) is 0 Å². The number of halogens is 2. The highest BCUT2D eigenvalue weighted by atomic mass is 79.9. The third-order valence-electron chi connectivity index (χ3n) is 2.63. The summed E-state index contributed by atoms with van der Waals surface area (Å²) in [6, 6.07) is 5.93. The topological polar surface area (TPSA) is 9.23 Å². The Hall–Kier alpha value is -0.210. The lowest BCUT2D eigenvalue weighted by atomic mass is 9.97. The molecule has 1 aromatic rings. The number of methoxy groups -OCH3 is 1. The van der Waals surface area contributed by atoms with Gasteiger partial charge in [-0.05, 0) is 24.1 Å². The van der Waals surface area contributed by atoms with Gasteiger partial charge in [-0.1, -0.05) is 36.2 Å². The molecule has 0 aliphatic carbocycles. The normalized spacial score (nSPS) is 14.7. The molecular weight excluding hydrogens is 275 g/mol. The highest BCUT2D eigenvalue weighted by Crippen LogP contribution is 2.37. The SMILES string of the molecule is CCC(C)C(Cl)c1cc(Br)ccc1OC. The van der Waals surface area contributed by atoms with Gasteiger partial charge in [-0.3, -0.25) is 0 Å². The first-order valence-electron chi connectivity index (χ1n) is 5.07. The van der Waals surface area contributed by atoms with E-state index in [4.69, 9.17) is 16.3 Å². The average Bonchev–Trinajstić information content (AvgIpc) is 2.27. The van der Waals surface area contributed by atoms with Crippen molar-refractivity contribution in [2.45, 2.75) is 25.6 Å². The molecule has 0 saturated heterocycles. The second-order valence-corrected chi connectivity index (χ2v) is 5.06. The molecule has 0 aliphatic rings. The number of rotatable bonds is 4. The third-order valence-corrected chi connectivity index (χ3v) is 3.79. The largest absolute Gasteiger partial charge is 0.496 e. The summed E-state index contributed by atoms with van der Waals surface area (Å²) in [5, 5.41) is 0.00227. The van der Waals surface area contributed by atoms with Gasteiger partial charge in [0.1, 0.15) is 5.75 Å². The van der Waals surface area contributed by atoms with Gasteiger partial charge in [0.2, 0.25) is 0 Å². The Kier molecular flexibility index (Phi) is 4.94. The van der Waals surface area contributed by atoms with Gasteiger partial charge in [0.25, 0.3) is 0 Å². The molecule has 0 N–H and O–H groups in total. The predicted octanol–water partition coefficient (Wildman–Crippen LogP) is 4.78. The molecule has 0 aromatic heterocycles. The minimum absolute atomic E-state index is 0.00227. The number of alkyl halides is 1. The Morgan fingerprint density at radius 2 is 2.13 bits per heavy atom. The van der Waals surface area contributed by atoms with Crippen LogP contribution >= 0.6 is 27.5 Å². The van der Waals surface area contributed by atoms with Crippen LogP contribution in [0.3, 0.4) is 0 Å². The lowest BCUT2D eigenvalue weighted by Crippen LogP contribution is -2.04. The van der Waals surface area contributed by atoms with Crippen LogP contribution in [0.4, 0.5) is 0 Å². The molecule has 0 aliphatic heterocycles. The Morgan fingerprint density at radius 3 is 2.67 bits per heavy atom. The fraction of sp³-hybridized carbons (Fsp3) is 0.500.